The van der Waals surface area contributed by atoms with Gasteiger partial charge < -0.3 is 14.8 Å². The molecule has 1 N–H and O–H groups in total. The predicted octanol–water partition coefficient (Wildman–Crippen LogP) is 3.64. The molecule has 1 aliphatic rings. The van der Waals surface area contributed by atoms with E-state index in [-0.39, 0.29) is 11.8 Å². The van der Waals surface area contributed by atoms with Crippen LogP contribution < -0.4 is 14.8 Å². The number of hydrogen-bond acceptors (Lipinski definition) is 4. The van der Waals surface area contributed by atoms with E-state index in [4.69, 9.17) is 9.47 Å². The molecule has 1 atom stereocenters. The highest BCUT2D eigenvalue weighted by molar-refractivity contribution is 5.79. The predicted molar refractivity (Wildman–Crippen MR) is 99.9 cm³/mol. The third-order valence-electron chi connectivity index (χ3n) is 4.48. The fourth-order valence-electron chi connectivity index (χ4n) is 2.95. The van der Waals surface area contributed by atoms with Crippen molar-refractivity contribution in [3.8, 4) is 11.5 Å². The van der Waals surface area contributed by atoms with Gasteiger partial charge in [0.25, 0.3) is 0 Å². The van der Waals surface area contributed by atoms with Crippen LogP contribution in [0.5, 0.6) is 11.5 Å². The Morgan fingerprint density at radius 2 is 2.00 bits per heavy atom. The van der Waals surface area contributed by atoms with Crippen molar-refractivity contribution >= 4 is 5.91 Å². The van der Waals surface area contributed by atoms with Crippen LogP contribution in [0.2, 0.25) is 0 Å². The van der Waals surface area contributed by atoms with Crippen LogP contribution in [0.25, 0.3) is 0 Å². The Kier molecular flexibility index (Phi) is 6.25. The zero-order valence-corrected chi connectivity index (χ0v) is 15.0. The summed E-state index contributed by atoms with van der Waals surface area (Å²) in [6, 6.07) is 9.56. The van der Waals surface area contributed by atoms with Crippen LogP contribution in [-0.2, 0) is 17.9 Å². The van der Waals surface area contributed by atoms with E-state index in [0.29, 0.717) is 24.7 Å². The Hall–Kier alpha value is -2.82. The first-order valence-corrected chi connectivity index (χ1v) is 8.87. The molecule has 2 aromatic rings. The van der Waals surface area contributed by atoms with Gasteiger partial charge in [0.1, 0.15) is 6.61 Å². The van der Waals surface area contributed by atoms with Crippen molar-refractivity contribution in [3.63, 3.8) is 0 Å². The summed E-state index contributed by atoms with van der Waals surface area (Å²) in [6.07, 6.45) is 10.4. The number of ether oxygens (including phenoxy) is 2. The average molecular weight is 352 g/mol. The maximum absolute atomic E-state index is 12.2. The Morgan fingerprint density at radius 3 is 2.73 bits per heavy atom. The first-order valence-electron chi connectivity index (χ1n) is 8.87. The minimum Gasteiger partial charge on any atom is -0.493 e. The Balaban J connectivity index is 1.57. The number of allylic oxidation sites excluding steroid dienone is 2. The van der Waals surface area contributed by atoms with Crippen LogP contribution in [-0.4, -0.2) is 18.0 Å². The summed E-state index contributed by atoms with van der Waals surface area (Å²) in [4.78, 5) is 16.2. The first kappa shape index (κ1) is 18.0. The lowest BCUT2D eigenvalue weighted by Crippen LogP contribution is -2.30. The maximum atomic E-state index is 12.2. The van der Waals surface area contributed by atoms with Crippen LogP contribution >= 0.6 is 0 Å². The molecular weight excluding hydrogens is 328 g/mol. The van der Waals surface area contributed by atoms with Crippen molar-refractivity contribution in [1.29, 1.82) is 0 Å². The van der Waals surface area contributed by atoms with Crippen molar-refractivity contribution < 1.29 is 14.3 Å². The molecule has 26 heavy (non-hydrogen) atoms. The molecule has 5 nitrogen and oxygen atoms in total. The highest BCUT2D eigenvalue weighted by Crippen LogP contribution is 2.29. The first-order chi connectivity index (χ1) is 12.8. The molecule has 5 heteroatoms. The van der Waals surface area contributed by atoms with Gasteiger partial charge in [0.15, 0.2) is 11.5 Å². The molecule has 136 valence electrons. The van der Waals surface area contributed by atoms with Gasteiger partial charge in [0.05, 0.1) is 7.11 Å². The lowest BCUT2D eigenvalue weighted by atomic mass is 9.93. The number of nitrogens with one attached hydrogen (secondary N) is 1. The molecule has 0 saturated heterocycles. The van der Waals surface area contributed by atoms with Gasteiger partial charge in [0.2, 0.25) is 5.91 Å². The Morgan fingerprint density at radius 1 is 1.15 bits per heavy atom. The van der Waals surface area contributed by atoms with E-state index < -0.39 is 0 Å². The molecule has 0 bridgehead atoms. The maximum Gasteiger partial charge on any atom is 0.223 e. The summed E-state index contributed by atoms with van der Waals surface area (Å²) in [5.41, 5.74) is 2.03. The largest absolute Gasteiger partial charge is 0.493 e. The van der Waals surface area contributed by atoms with Gasteiger partial charge in [-0.15, -0.1) is 0 Å². The standard InChI is InChI=1S/C21H24N2O3/c1-25-20-13-17(14-23-21(24)18-5-3-2-4-6-18)7-8-19(20)26-15-16-9-11-22-12-10-16/h2-3,7-13,18H,4-6,14-15H2,1H3,(H,23,24)/t18-/m0/s1. The van der Waals surface area contributed by atoms with E-state index in [1.165, 1.54) is 0 Å². The Labute approximate surface area is 154 Å². The number of aromatic nitrogens is 1. The third-order valence-corrected chi connectivity index (χ3v) is 4.48. The molecule has 0 aliphatic heterocycles. The number of rotatable bonds is 7. The molecule has 0 unspecified atom stereocenters. The third kappa shape index (κ3) is 4.85. The van der Waals surface area contributed by atoms with Gasteiger partial charge in [-0.05, 0) is 54.7 Å². The van der Waals surface area contributed by atoms with Gasteiger partial charge in [0, 0.05) is 24.9 Å². The second-order valence-corrected chi connectivity index (χ2v) is 6.33. The van der Waals surface area contributed by atoms with Gasteiger partial charge in [-0.1, -0.05) is 18.2 Å². The molecule has 1 aliphatic carbocycles. The van der Waals surface area contributed by atoms with Crippen molar-refractivity contribution in [2.45, 2.75) is 32.4 Å². The second kappa shape index (κ2) is 9.04. The van der Waals surface area contributed by atoms with Gasteiger partial charge in [-0.3, -0.25) is 9.78 Å². The number of benzene rings is 1. The summed E-state index contributed by atoms with van der Waals surface area (Å²) in [7, 11) is 1.62. The van der Waals surface area contributed by atoms with Crippen molar-refractivity contribution in [2.24, 2.45) is 5.92 Å². The fourth-order valence-corrected chi connectivity index (χ4v) is 2.95. The lowest BCUT2D eigenvalue weighted by Gasteiger charge is -2.17. The van der Waals surface area contributed by atoms with E-state index in [2.05, 4.69) is 22.5 Å². The topological polar surface area (TPSA) is 60.5 Å². The smallest absolute Gasteiger partial charge is 0.223 e. The fraction of sp³-hybridized carbons (Fsp3) is 0.333. The van der Waals surface area contributed by atoms with Crippen molar-refractivity contribution in [1.82, 2.24) is 10.3 Å². The van der Waals surface area contributed by atoms with E-state index >= 15 is 0 Å². The van der Waals surface area contributed by atoms with E-state index in [0.717, 1.165) is 30.4 Å². The normalized spacial score (nSPS) is 16.1. The summed E-state index contributed by atoms with van der Waals surface area (Å²) in [6.45, 7) is 0.935. The molecule has 1 heterocycles. The van der Waals surface area contributed by atoms with E-state index in [1.54, 1.807) is 19.5 Å². The molecule has 0 fully saturated rings. The summed E-state index contributed by atoms with van der Waals surface area (Å²) >= 11 is 0. The highest BCUT2D eigenvalue weighted by atomic mass is 16.5. The second-order valence-electron chi connectivity index (χ2n) is 6.33. The van der Waals surface area contributed by atoms with E-state index in [9.17, 15) is 4.79 Å². The number of carbonyl (C=O) groups excluding carboxylic acids is 1. The molecule has 3 rings (SSSR count). The Bertz CT molecular complexity index is 759. The number of pyridine rings is 1. The molecule has 1 aromatic heterocycles. The number of hydrogen-bond donors (Lipinski definition) is 1. The van der Waals surface area contributed by atoms with Crippen molar-refractivity contribution in [2.75, 3.05) is 7.11 Å². The van der Waals surface area contributed by atoms with Crippen LogP contribution in [0, 0.1) is 5.92 Å². The molecular formula is C21H24N2O3. The van der Waals surface area contributed by atoms with Gasteiger partial charge in [-0.2, -0.15) is 0 Å². The summed E-state index contributed by atoms with van der Waals surface area (Å²) in [5, 5.41) is 3.02. The number of amides is 1. The monoisotopic (exact) mass is 352 g/mol. The van der Waals surface area contributed by atoms with Crippen LogP contribution in [0.1, 0.15) is 30.4 Å². The van der Waals surface area contributed by atoms with Gasteiger partial charge >= 0.3 is 0 Å². The number of nitrogens with zero attached hydrogens (tertiary/aromatic N) is 1. The SMILES string of the molecule is COc1cc(CNC(=O)[C@H]2CC=CCC2)ccc1OCc1ccncc1. The lowest BCUT2D eigenvalue weighted by molar-refractivity contribution is -0.125. The van der Waals surface area contributed by atoms with Crippen LogP contribution in [0.4, 0.5) is 0 Å². The highest BCUT2D eigenvalue weighted by Gasteiger charge is 2.18. The average Bonchev–Trinajstić information content (AvgIpc) is 2.72. The molecule has 0 radical (unpaired) electrons. The number of carbonyl (C=O) groups is 1. The summed E-state index contributed by atoms with van der Waals surface area (Å²) in [5.74, 6) is 1.54. The van der Waals surface area contributed by atoms with Crippen LogP contribution in [0.3, 0.4) is 0 Å². The molecule has 1 aromatic carbocycles. The minimum absolute atomic E-state index is 0.0878. The van der Waals surface area contributed by atoms with E-state index in [1.807, 2.05) is 30.3 Å². The zero-order valence-electron chi connectivity index (χ0n) is 15.0. The zero-order chi connectivity index (χ0) is 18.2. The van der Waals surface area contributed by atoms with Crippen LogP contribution in [0.15, 0.2) is 54.9 Å². The molecule has 0 spiro atoms. The van der Waals surface area contributed by atoms with Crippen molar-refractivity contribution in [3.05, 3.63) is 66.0 Å². The number of methoxy groups -OCH3 is 1. The molecule has 1 amide bonds. The summed E-state index contributed by atoms with van der Waals surface area (Å²) < 4.78 is 11.3. The molecule has 0 saturated carbocycles. The minimum atomic E-state index is 0.0878. The quantitative estimate of drug-likeness (QED) is 0.773. The van der Waals surface area contributed by atoms with Gasteiger partial charge in [-0.25, -0.2) is 0 Å².